The third kappa shape index (κ3) is 3.49. The number of halogens is 1. The van der Waals surface area contributed by atoms with Crippen LogP contribution in [0.5, 0.6) is 0 Å². The number of nitrogens with zero attached hydrogens (tertiary/aromatic N) is 1. The quantitative estimate of drug-likeness (QED) is 0.823. The van der Waals surface area contributed by atoms with Crippen LogP contribution in [0.3, 0.4) is 0 Å². The summed E-state index contributed by atoms with van der Waals surface area (Å²) in [7, 11) is 0. The molecule has 0 radical (unpaired) electrons. The molecule has 0 bridgehead atoms. The molecule has 1 aromatic rings. The number of pyridine rings is 1. The number of rotatable bonds is 5. The minimum Gasteiger partial charge on any atom is -0.369 e. The van der Waals surface area contributed by atoms with Crippen molar-refractivity contribution < 1.29 is 0 Å². The first kappa shape index (κ1) is 10.9. The normalized spacial score (nSPS) is 15.3. The fourth-order valence-electron chi connectivity index (χ4n) is 1.67. The van der Waals surface area contributed by atoms with E-state index in [2.05, 4.69) is 39.2 Å². The Bertz CT molecular complexity index is 334. The number of aromatic nitrogens is 1. The van der Waals surface area contributed by atoms with Crippen LogP contribution in [0.2, 0.25) is 0 Å². The molecule has 0 amide bonds. The Morgan fingerprint density at radius 2 is 2.33 bits per heavy atom. The van der Waals surface area contributed by atoms with Gasteiger partial charge < -0.3 is 5.32 Å². The molecule has 1 aliphatic carbocycles. The molecule has 1 N–H and O–H groups in total. The van der Waals surface area contributed by atoms with E-state index in [1.54, 1.807) is 0 Å². The van der Waals surface area contributed by atoms with Gasteiger partial charge in [-0.1, -0.05) is 12.8 Å². The fourth-order valence-corrected chi connectivity index (χ4v) is 2.27. The highest BCUT2D eigenvalue weighted by Crippen LogP contribution is 2.33. The van der Waals surface area contributed by atoms with Crippen LogP contribution < -0.4 is 5.32 Å². The van der Waals surface area contributed by atoms with Crippen molar-refractivity contribution in [2.24, 2.45) is 5.92 Å². The Balaban J connectivity index is 1.76. The standard InChI is InChI=1S/C12H17BrN2/c1-9-7-11(13)12(15-8-9)14-6-2-3-10-4-5-10/h7-8,10H,2-6H2,1H3,(H,14,15). The molecule has 0 unspecified atom stereocenters. The molecule has 0 spiro atoms. The highest BCUT2D eigenvalue weighted by molar-refractivity contribution is 9.10. The summed E-state index contributed by atoms with van der Waals surface area (Å²) in [6.45, 7) is 3.08. The summed E-state index contributed by atoms with van der Waals surface area (Å²) in [5.41, 5.74) is 1.19. The van der Waals surface area contributed by atoms with E-state index in [4.69, 9.17) is 0 Å². The van der Waals surface area contributed by atoms with Crippen molar-refractivity contribution in [3.8, 4) is 0 Å². The number of hydrogen-bond donors (Lipinski definition) is 1. The highest BCUT2D eigenvalue weighted by atomic mass is 79.9. The summed E-state index contributed by atoms with van der Waals surface area (Å²) in [6.07, 6.45) is 7.43. The van der Waals surface area contributed by atoms with E-state index in [0.717, 1.165) is 22.8 Å². The van der Waals surface area contributed by atoms with Gasteiger partial charge in [-0.15, -0.1) is 0 Å². The first-order valence-corrected chi connectivity index (χ1v) is 6.41. The van der Waals surface area contributed by atoms with Crippen molar-refractivity contribution in [3.63, 3.8) is 0 Å². The smallest absolute Gasteiger partial charge is 0.140 e. The SMILES string of the molecule is Cc1cnc(NCCCC2CC2)c(Br)c1. The van der Waals surface area contributed by atoms with E-state index in [-0.39, 0.29) is 0 Å². The summed E-state index contributed by atoms with van der Waals surface area (Å²) < 4.78 is 1.06. The lowest BCUT2D eigenvalue weighted by atomic mass is 10.2. The van der Waals surface area contributed by atoms with Crippen LogP contribution in [0.4, 0.5) is 5.82 Å². The lowest BCUT2D eigenvalue weighted by Gasteiger charge is -2.07. The zero-order valence-electron chi connectivity index (χ0n) is 9.09. The largest absolute Gasteiger partial charge is 0.369 e. The molecule has 2 rings (SSSR count). The Kier molecular flexibility index (Phi) is 3.62. The van der Waals surface area contributed by atoms with Crippen LogP contribution in [0.1, 0.15) is 31.2 Å². The van der Waals surface area contributed by atoms with Gasteiger partial charge in [0.25, 0.3) is 0 Å². The molecule has 15 heavy (non-hydrogen) atoms. The van der Waals surface area contributed by atoms with E-state index in [1.807, 2.05) is 6.20 Å². The maximum atomic E-state index is 4.35. The number of nitrogens with one attached hydrogen (secondary N) is 1. The van der Waals surface area contributed by atoms with Crippen molar-refractivity contribution in [2.45, 2.75) is 32.6 Å². The van der Waals surface area contributed by atoms with E-state index in [0.29, 0.717) is 0 Å². The van der Waals surface area contributed by atoms with Crippen LogP contribution >= 0.6 is 15.9 Å². The topological polar surface area (TPSA) is 24.9 Å². The predicted octanol–water partition coefficient (Wildman–Crippen LogP) is 3.75. The van der Waals surface area contributed by atoms with E-state index < -0.39 is 0 Å². The summed E-state index contributed by atoms with van der Waals surface area (Å²) in [6, 6.07) is 2.09. The van der Waals surface area contributed by atoms with Gasteiger partial charge in [0, 0.05) is 12.7 Å². The zero-order chi connectivity index (χ0) is 10.7. The van der Waals surface area contributed by atoms with Crippen LogP contribution in [-0.4, -0.2) is 11.5 Å². The van der Waals surface area contributed by atoms with Gasteiger partial charge in [-0.2, -0.15) is 0 Å². The van der Waals surface area contributed by atoms with Gasteiger partial charge in [-0.25, -0.2) is 4.98 Å². The van der Waals surface area contributed by atoms with Crippen LogP contribution in [0, 0.1) is 12.8 Å². The lowest BCUT2D eigenvalue weighted by molar-refractivity contribution is 0.686. The van der Waals surface area contributed by atoms with Gasteiger partial charge in [0.15, 0.2) is 0 Å². The van der Waals surface area contributed by atoms with Gasteiger partial charge in [0.1, 0.15) is 5.82 Å². The van der Waals surface area contributed by atoms with Gasteiger partial charge >= 0.3 is 0 Å². The third-order valence-corrected chi connectivity index (χ3v) is 3.36. The second kappa shape index (κ2) is 4.97. The Morgan fingerprint density at radius 1 is 1.53 bits per heavy atom. The predicted molar refractivity (Wildman–Crippen MR) is 67.1 cm³/mol. The maximum absolute atomic E-state index is 4.35. The van der Waals surface area contributed by atoms with Crippen LogP contribution in [-0.2, 0) is 0 Å². The van der Waals surface area contributed by atoms with Crippen molar-refractivity contribution in [1.29, 1.82) is 0 Å². The van der Waals surface area contributed by atoms with Crippen molar-refractivity contribution in [2.75, 3.05) is 11.9 Å². The average Bonchev–Trinajstić information content (AvgIpc) is 2.99. The van der Waals surface area contributed by atoms with E-state index in [1.165, 1.54) is 31.2 Å². The Hall–Kier alpha value is -0.570. The van der Waals surface area contributed by atoms with Crippen LogP contribution in [0.15, 0.2) is 16.7 Å². The summed E-state index contributed by atoms with van der Waals surface area (Å²) in [4.78, 5) is 4.35. The van der Waals surface area contributed by atoms with Crippen molar-refractivity contribution in [3.05, 3.63) is 22.3 Å². The molecule has 1 heterocycles. The molecule has 1 fully saturated rings. The molecule has 0 atom stereocenters. The summed E-state index contributed by atoms with van der Waals surface area (Å²) in [5.74, 6) is 2.00. The average molecular weight is 269 g/mol. The minimum atomic E-state index is 0.969. The first-order valence-electron chi connectivity index (χ1n) is 5.62. The molecule has 0 saturated heterocycles. The Labute approximate surface area is 99.6 Å². The zero-order valence-corrected chi connectivity index (χ0v) is 10.7. The molecule has 82 valence electrons. The molecule has 1 saturated carbocycles. The number of anilines is 1. The van der Waals surface area contributed by atoms with Crippen LogP contribution in [0.25, 0.3) is 0 Å². The summed E-state index contributed by atoms with van der Waals surface area (Å²) >= 11 is 3.52. The molecule has 1 aromatic heterocycles. The van der Waals surface area contributed by atoms with Crippen molar-refractivity contribution >= 4 is 21.7 Å². The maximum Gasteiger partial charge on any atom is 0.140 e. The molecular weight excluding hydrogens is 252 g/mol. The van der Waals surface area contributed by atoms with Gasteiger partial charge in [-0.05, 0) is 53.2 Å². The number of hydrogen-bond acceptors (Lipinski definition) is 2. The fraction of sp³-hybridized carbons (Fsp3) is 0.583. The van der Waals surface area contributed by atoms with E-state index >= 15 is 0 Å². The second-order valence-corrected chi connectivity index (χ2v) is 5.21. The molecular formula is C12H17BrN2. The van der Waals surface area contributed by atoms with Gasteiger partial charge in [0.05, 0.1) is 4.47 Å². The Morgan fingerprint density at radius 3 is 3.00 bits per heavy atom. The second-order valence-electron chi connectivity index (χ2n) is 4.36. The van der Waals surface area contributed by atoms with Gasteiger partial charge in [-0.3, -0.25) is 0 Å². The summed E-state index contributed by atoms with van der Waals surface area (Å²) in [5, 5.41) is 3.37. The monoisotopic (exact) mass is 268 g/mol. The molecule has 2 nitrogen and oxygen atoms in total. The lowest BCUT2D eigenvalue weighted by Crippen LogP contribution is -2.04. The van der Waals surface area contributed by atoms with E-state index in [9.17, 15) is 0 Å². The molecule has 1 aliphatic rings. The number of aryl methyl sites for hydroxylation is 1. The van der Waals surface area contributed by atoms with Crippen molar-refractivity contribution in [1.82, 2.24) is 4.98 Å². The molecule has 0 aromatic carbocycles. The third-order valence-electron chi connectivity index (χ3n) is 2.76. The van der Waals surface area contributed by atoms with Gasteiger partial charge in [0.2, 0.25) is 0 Å². The molecule has 3 heteroatoms. The first-order chi connectivity index (χ1) is 7.25. The highest BCUT2D eigenvalue weighted by Gasteiger charge is 2.19. The molecule has 0 aliphatic heterocycles. The minimum absolute atomic E-state index is 0.969.